The van der Waals surface area contributed by atoms with Crippen LogP contribution in [0, 0.1) is 0 Å². The molecule has 0 bridgehead atoms. The summed E-state index contributed by atoms with van der Waals surface area (Å²) in [5.41, 5.74) is 7.51. The SMILES string of the molecule is CCc1cc(CS(=O)(=O)c2cc(Cl)ccc2N)n(CC)n1. The van der Waals surface area contributed by atoms with Crippen molar-refractivity contribution < 1.29 is 8.42 Å². The smallest absolute Gasteiger partial charge is 0.186 e. The number of aryl methyl sites for hydroxylation is 2. The van der Waals surface area contributed by atoms with E-state index < -0.39 is 9.84 Å². The lowest BCUT2D eigenvalue weighted by Gasteiger charge is -2.09. The normalized spacial score (nSPS) is 11.8. The highest BCUT2D eigenvalue weighted by atomic mass is 35.5. The average molecular weight is 328 g/mol. The molecule has 5 nitrogen and oxygen atoms in total. The fourth-order valence-electron chi connectivity index (χ4n) is 2.13. The van der Waals surface area contributed by atoms with Crippen LogP contribution >= 0.6 is 11.6 Å². The van der Waals surface area contributed by atoms with Gasteiger partial charge in [-0.05, 0) is 37.6 Å². The maximum absolute atomic E-state index is 12.6. The topological polar surface area (TPSA) is 78.0 Å². The summed E-state index contributed by atoms with van der Waals surface area (Å²) in [5, 5.41) is 4.71. The first-order chi connectivity index (χ1) is 9.87. The minimum Gasteiger partial charge on any atom is -0.398 e. The Labute approximate surface area is 129 Å². The zero-order valence-electron chi connectivity index (χ0n) is 12.0. The van der Waals surface area contributed by atoms with E-state index >= 15 is 0 Å². The van der Waals surface area contributed by atoms with Crippen molar-refractivity contribution in [1.29, 1.82) is 0 Å². The van der Waals surface area contributed by atoms with Crippen LogP contribution in [0.25, 0.3) is 0 Å². The number of nitrogen functional groups attached to an aromatic ring is 1. The van der Waals surface area contributed by atoms with Gasteiger partial charge in [-0.15, -0.1) is 0 Å². The van der Waals surface area contributed by atoms with Gasteiger partial charge in [-0.1, -0.05) is 18.5 Å². The molecule has 2 rings (SSSR count). The van der Waals surface area contributed by atoms with Crippen LogP contribution in [0.4, 0.5) is 5.69 Å². The Morgan fingerprint density at radius 3 is 2.62 bits per heavy atom. The third kappa shape index (κ3) is 3.39. The molecule has 0 unspecified atom stereocenters. The average Bonchev–Trinajstić information content (AvgIpc) is 2.82. The molecule has 0 fully saturated rings. The lowest BCUT2D eigenvalue weighted by atomic mass is 10.3. The summed E-state index contributed by atoms with van der Waals surface area (Å²) in [4.78, 5) is 0.0666. The van der Waals surface area contributed by atoms with Crippen molar-refractivity contribution in [2.24, 2.45) is 0 Å². The highest BCUT2D eigenvalue weighted by Gasteiger charge is 2.21. The number of sulfone groups is 1. The molecule has 1 aromatic heterocycles. The van der Waals surface area contributed by atoms with E-state index in [1.165, 1.54) is 12.1 Å². The van der Waals surface area contributed by atoms with E-state index in [0.29, 0.717) is 17.3 Å². The summed E-state index contributed by atoms with van der Waals surface area (Å²) < 4.78 is 26.8. The van der Waals surface area contributed by atoms with Crippen LogP contribution in [-0.4, -0.2) is 18.2 Å². The van der Waals surface area contributed by atoms with E-state index in [2.05, 4.69) is 5.10 Å². The Hall–Kier alpha value is -1.53. The first-order valence-corrected chi connectivity index (χ1v) is 8.73. The van der Waals surface area contributed by atoms with Gasteiger partial charge in [0.25, 0.3) is 0 Å². The molecule has 2 N–H and O–H groups in total. The van der Waals surface area contributed by atoms with Crippen molar-refractivity contribution in [2.75, 3.05) is 5.73 Å². The lowest BCUT2D eigenvalue weighted by Crippen LogP contribution is -2.12. The zero-order chi connectivity index (χ0) is 15.6. The summed E-state index contributed by atoms with van der Waals surface area (Å²) in [6.45, 7) is 4.53. The van der Waals surface area contributed by atoms with Crippen LogP contribution in [0.15, 0.2) is 29.2 Å². The molecule has 0 aliphatic carbocycles. The van der Waals surface area contributed by atoms with Crippen LogP contribution in [0.3, 0.4) is 0 Å². The number of aromatic nitrogens is 2. The fourth-order valence-corrected chi connectivity index (χ4v) is 3.88. The molecule has 0 saturated heterocycles. The van der Waals surface area contributed by atoms with Crippen LogP contribution in [0.5, 0.6) is 0 Å². The molecule has 0 aliphatic heterocycles. The minimum atomic E-state index is -3.56. The maximum Gasteiger partial charge on any atom is 0.186 e. The van der Waals surface area contributed by atoms with Gasteiger partial charge in [0.15, 0.2) is 9.84 Å². The molecule has 0 amide bonds. The molecule has 0 radical (unpaired) electrons. The molecule has 0 spiro atoms. The Morgan fingerprint density at radius 2 is 2.00 bits per heavy atom. The number of nitrogens with two attached hydrogens (primary N) is 1. The number of benzene rings is 1. The van der Waals surface area contributed by atoms with Gasteiger partial charge in [-0.2, -0.15) is 5.10 Å². The summed E-state index contributed by atoms with van der Waals surface area (Å²) in [6.07, 6.45) is 0.763. The standard InChI is InChI=1S/C14H18ClN3O2S/c1-3-11-8-12(18(4-2)17-11)9-21(19,20)14-7-10(15)5-6-13(14)16/h5-8H,3-4,9,16H2,1-2H3. The Kier molecular flexibility index (Phi) is 4.58. The number of hydrogen-bond acceptors (Lipinski definition) is 4. The Balaban J connectivity index is 2.42. The predicted molar refractivity (Wildman–Crippen MR) is 84.0 cm³/mol. The number of hydrogen-bond donors (Lipinski definition) is 1. The summed E-state index contributed by atoms with van der Waals surface area (Å²) in [6, 6.07) is 6.28. The third-order valence-corrected chi connectivity index (χ3v) is 5.16. The number of rotatable bonds is 5. The molecule has 0 saturated carbocycles. The predicted octanol–water partition coefficient (Wildman–Crippen LogP) is 2.67. The van der Waals surface area contributed by atoms with Gasteiger partial charge in [0.05, 0.1) is 27.7 Å². The molecule has 0 atom stereocenters. The third-order valence-electron chi connectivity index (χ3n) is 3.22. The van der Waals surface area contributed by atoms with Crippen molar-refractivity contribution in [2.45, 2.75) is 37.5 Å². The van der Waals surface area contributed by atoms with Crippen molar-refractivity contribution in [3.8, 4) is 0 Å². The van der Waals surface area contributed by atoms with Gasteiger partial charge in [-0.3, -0.25) is 4.68 Å². The Morgan fingerprint density at radius 1 is 1.29 bits per heavy atom. The van der Waals surface area contributed by atoms with Gasteiger partial charge in [-0.25, -0.2) is 8.42 Å². The van der Waals surface area contributed by atoms with E-state index in [4.69, 9.17) is 17.3 Å². The van der Waals surface area contributed by atoms with E-state index in [0.717, 1.165) is 12.1 Å². The van der Waals surface area contributed by atoms with Gasteiger partial charge in [0.2, 0.25) is 0 Å². The number of anilines is 1. The zero-order valence-corrected chi connectivity index (χ0v) is 13.6. The monoisotopic (exact) mass is 327 g/mol. The van der Waals surface area contributed by atoms with Crippen molar-refractivity contribution in [1.82, 2.24) is 9.78 Å². The fraction of sp³-hybridized carbons (Fsp3) is 0.357. The van der Waals surface area contributed by atoms with E-state index in [9.17, 15) is 8.42 Å². The van der Waals surface area contributed by atoms with E-state index in [1.807, 2.05) is 19.9 Å². The van der Waals surface area contributed by atoms with E-state index in [-0.39, 0.29) is 16.3 Å². The second-order valence-electron chi connectivity index (χ2n) is 4.74. The van der Waals surface area contributed by atoms with Crippen LogP contribution < -0.4 is 5.73 Å². The van der Waals surface area contributed by atoms with Crippen LogP contribution in [-0.2, 0) is 28.6 Å². The summed E-state index contributed by atoms with van der Waals surface area (Å²) in [7, 11) is -3.56. The molecule has 1 aromatic carbocycles. The first kappa shape index (κ1) is 15.9. The summed E-state index contributed by atoms with van der Waals surface area (Å²) >= 11 is 5.87. The van der Waals surface area contributed by atoms with Gasteiger partial charge in [0, 0.05) is 11.6 Å². The van der Waals surface area contributed by atoms with Gasteiger partial charge >= 0.3 is 0 Å². The second kappa shape index (κ2) is 6.07. The van der Waals surface area contributed by atoms with Crippen LogP contribution in [0.2, 0.25) is 5.02 Å². The quantitative estimate of drug-likeness (QED) is 0.856. The second-order valence-corrected chi connectivity index (χ2v) is 7.13. The van der Waals surface area contributed by atoms with Crippen molar-refractivity contribution in [3.05, 3.63) is 40.7 Å². The highest BCUT2D eigenvalue weighted by Crippen LogP contribution is 2.26. The first-order valence-electron chi connectivity index (χ1n) is 6.70. The molecule has 7 heteroatoms. The molecule has 114 valence electrons. The molecule has 21 heavy (non-hydrogen) atoms. The molecule has 0 aliphatic rings. The van der Waals surface area contributed by atoms with Gasteiger partial charge in [0.1, 0.15) is 0 Å². The summed E-state index contributed by atoms with van der Waals surface area (Å²) in [5.74, 6) is -0.140. The van der Waals surface area contributed by atoms with E-state index in [1.54, 1.807) is 10.7 Å². The van der Waals surface area contributed by atoms with Gasteiger partial charge < -0.3 is 5.73 Å². The molecule has 1 heterocycles. The Bertz CT molecular complexity index is 754. The molecular formula is C14H18ClN3O2S. The van der Waals surface area contributed by atoms with Crippen molar-refractivity contribution >= 4 is 27.1 Å². The minimum absolute atomic E-state index is 0.0666. The highest BCUT2D eigenvalue weighted by molar-refractivity contribution is 7.90. The lowest BCUT2D eigenvalue weighted by molar-refractivity contribution is 0.585. The number of nitrogens with zero attached hydrogens (tertiary/aromatic N) is 2. The van der Waals surface area contributed by atoms with Crippen molar-refractivity contribution in [3.63, 3.8) is 0 Å². The number of halogens is 1. The van der Waals surface area contributed by atoms with Crippen LogP contribution in [0.1, 0.15) is 25.2 Å². The molecular weight excluding hydrogens is 310 g/mol. The molecule has 2 aromatic rings. The maximum atomic E-state index is 12.6. The largest absolute Gasteiger partial charge is 0.398 e.